The Kier molecular flexibility index (Phi) is 4.38. The number of carbonyl (C=O) groups is 1. The monoisotopic (exact) mass is 331 g/mol. The number of ether oxygens (including phenoxy) is 2. The Bertz CT molecular complexity index is 675. The van der Waals surface area contributed by atoms with Gasteiger partial charge in [0, 0.05) is 4.47 Å². The van der Waals surface area contributed by atoms with E-state index < -0.39 is 5.97 Å². The molecule has 0 radical (unpaired) electrons. The number of halogens is 1. The summed E-state index contributed by atoms with van der Waals surface area (Å²) in [5, 5.41) is 9.03. The average molecular weight is 332 g/mol. The molecule has 2 rings (SSSR count). The van der Waals surface area contributed by atoms with Crippen molar-refractivity contribution in [1.82, 2.24) is 0 Å². The Morgan fingerprint density at radius 1 is 1.20 bits per heavy atom. The molecule has 0 aliphatic heterocycles. The summed E-state index contributed by atoms with van der Waals surface area (Å²) < 4.78 is 11.1. The topological polar surface area (TPSA) is 59.3 Å². The second-order valence-corrected chi connectivity index (χ2v) is 4.79. The molecule has 20 heavy (non-hydrogen) atoms. The van der Waals surface area contributed by atoms with Gasteiger partial charge in [0.15, 0.2) is 0 Å². The van der Waals surface area contributed by atoms with Crippen LogP contribution in [0.15, 0.2) is 46.9 Å². The summed E-state index contributed by atoms with van der Waals surface area (Å²) >= 11 is 3.33. The van der Waals surface area contributed by atoms with Gasteiger partial charge in [-0.3, -0.25) is 0 Å². The van der Waals surface area contributed by atoms with Crippen molar-refractivity contribution in [2.45, 2.75) is 0 Å². The van der Waals surface area contributed by atoms with Crippen molar-refractivity contribution in [1.29, 1.82) is 5.26 Å². The molecule has 0 aromatic heterocycles. The van der Waals surface area contributed by atoms with Crippen LogP contribution in [-0.4, -0.2) is 13.1 Å². The first kappa shape index (κ1) is 14.1. The highest BCUT2D eigenvalue weighted by atomic mass is 79.9. The molecule has 0 bridgehead atoms. The van der Waals surface area contributed by atoms with Crippen LogP contribution in [0, 0.1) is 11.3 Å². The van der Waals surface area contributed by atoms with Crippen molar-refractivity contribution in [2.24, 2.45) is 0 Å². The van der Waals surface area contributed by atoms with Crippen molar-refractivity contribution in [3.63, 3.8) is 0 Å². The molecule has 4 nitrogen and oxygen atoms in total. The molecular formula is C15H10BrNO3. The minimum atomic E-state index is -0.406. The van der Waals surface area contributed by atoms with E-state index in [1.165, 1.54) is 7.11 Å². The number of benzene rings is 2. The number of carbonyl (C=O) groups excluding carboxylic acids is 1. The van der Waals surface area contributed by atoms with Crippen LogP contribution in [0.25, 0.3) is 0 Å². The highest BCUT2D eigenvalue weighted by molar-refractivity contribution is 9.10. The molecule has 0 amide bonds. The van der Waals surface area contributed by atoms with Crippen molar-refractivity contribution in [2.75, 3.05) is 7.11 Å². The Morgan fingerprint density at radius 2 is 1.90 bits per heavy atom. The standard InChI is InChI=1S/C15H10BrNO3/c1-19-15(18)10-3-6-13(7-4-10)20-14-8-12(16)5-2-11(14)9-17/h2-8H,1H3. The van der Waals surface area contributed by atoms with Crippen LogP contribution >= 0.6 is 15.9 Å². The average Bonchev–Trinajstić information content (AvgIpc) is 2.47. The van der Waals surface area contributed by atoms with Gasteiger partial charge in [-0.1, -0.05) is 15.9 Å². The third-order valence-corrected chi connectivity index (χ3v) is 3.06. The number of nitriles is 1. The lowest BCUT2D eigenvalue weighted by Crippen LogP contribution is -2.00. The summed E-state index contributed by atoms with van der Waals surface area (Å²) in [5.41, 5.74) is 0.875. The maximum absolute atomic E-state index is 11.3. The molecule has 0 aliphatic rings. The predicted octanol–water partition coefficient (Wildman–Crippen LogP) is 3.90. The molecule has 0 spiro atoms. The molecule has 5 heteroatoms. The number of hydrogen-bond acceptors (Lipinski definition) is 4. The molecule has 0 unspecified atom stereocenters. The normalized spacial score (nSPS) is 9.65. The van der Waals surface area contributed by atoms with Gasteiger partial charge in [-0.15, -0.1) is 0 Å². The smallest absolute Gasteiger partial charge is 0.337 e. The van der Waals surface area contributed by atoms with E-state index in [1.807, 2.05) is 0 Å². The second-order valence-electron chi connectivity index (χ2n) is 3.87. The summed E-state index contributed by atoms with van der Waals surface area (Å²) in [6, 6.07) is 13.7. The second kappa shape index (κ2) is 6.22. The SMILES string of the molecule is COC(=O)c1ccc(Oc2cc(Br)ccc2C#N)cc1. The van der Waals surface area contributed by atoms with Crippen molar-refractivity contribution in [3.05, 3.63) is 58.1 Å². The van der Waals surface area contributed by atoms with Crippen LogP contribution < -0.4 is 4.74 Å². The van der Waals surface area contributed by atoms with E-state index in [4.69, 9.17) is 10.00 Å². The molecule has 0 aliphatic carbocycles. The van der Waals surface area contributed by atoms with Gasteiger partial charge in [0.2, 0.25) is 0 Å². The lowest BCUT2D eigenvalue weighted by Gasteiger charge is -2.08. The fourth-order valence-electron chi connectivity index (χ4n) is 1.58. The first-order valence-corrected chi connectivity index (χ1v) is 6.49. The van der Waals surface area contributed by atoms with Gasteiger partial charge in [0.05, 0.1) is 18.2 Å². The fourth-order valence-corrected chi connectivity index (χ4v) is 1.92. The fraction of sp³-hybridized carbons (Fsp3) is 0.0667. The van der Waals surface area contributed by atoms with Crippen molar-refractivity contribution < 1.29 is 14.3 Å². The molecule has 0 saturated carbocycles. The molecule has 100 valence electrons. The summed E-state index contributed by atoms with van der Waals surface area (Å²) in [6.45, 7) is 0. The predicted molar refractivity (Wildman–Crippen MR) is 76.7 cm³/mol. The maximum atomic E-state index is 11.3. The summed E-state index contributed by atoms with van der Waals surface area (Å²) in [5.74, 6) is 0.580. The summed E-state index contributed by atoms with van der Waals surface area (Å²) in [6.07, 6.45) is 0. The van der Waals surface area contributed by atoms with E-state index in [-0.39, 0.29) is 0 Å². The number of hydrogen-bond donors (Lipinski definition) is 0. The van der Waals surface area contributed by atoms with Crippen LogP contribution in [0.3, 0.4) is 0 Å². The van der Waals surface area contributed by atoms with Crippen molar-refractivity contribution in [3.8, 4) is 17.6 Å². The van der Waals surface area contributed by atoms with Gasteiger partial charge < -0.3 is 9.47 Å². The van der Waals surface area contributed by atoms with Crippen LogP contribution in [0.1, 0.15) is 15.9 Å². The highest BCUT2D eigenvalue weighted by Gasteiger charge is 2.08. The highest BCUT2D eigenvalue weighted by Crippen LogP contribution is 2.28. The Morgan fingerprint density at radius 3 is 2.50 bits per heavy atom. The number of methoxy groups -OCH3 is 1. The summed E-state index contributed by atoms with van der Waals surface area (Å²) in [4.78, 5) is 11.3. The van der Waals surface area contributed by atoms with E-state index in [1.54, 1.807) is 42.5 Å². The van der Waals surface area contributed by atoms with E-state index in [9.17, 15) is 4.79 Å². The van der Waals surface area contributed by atoms with Crippen LogP contribution in [0.4, 0.5) is 0 Å². The minimum Gasteiger partial charge on any atom is -0.465 e. The Balaban J connectivity index is 2.25. The van der Waals surface area contributed by atoms with Crippen molar-refractivity contribution >= 4 is 21.9 Å². The van der Waals surface area contributed by atoms with Gasteiger partial charge in [0.25, 0.3) is 0 Å². The summed E-state index contributed by atoms with van der Waals surface area (Å²) in [7, 11) is 1.33. The molecular weight excluding hydrogens is 322 g/mol. The third kappa shape index (κ3) is 3.16. The van der Waals surface area contributed by atoms with Crippen LogP contribution in [0.5, 0.6) is 11.5 Å². The van der Waals surface area contributed by atoms with Gasteiger partial charge in [-0.2, -0.15) is 5.26 Å². The zero-order valence-electron chi connectivity index (χ0n) is 10.6. The van der Waals surface area contributed by atoms with E-state index in [0.29, 0.717) is 22.6 Å². The molecule has 0 saturated heterocycles. The minimum absolute atomic E-state index is 0.406. The zero-order chi connectivity index (χ0) is 14.5. The zero-order valence-corrected chi connectivity index (χ0v) is 12.2. The van der Waals surface area contributed by atoms with E-state index in [2.05, 4.69) is 26.7 Å². The maximum Gasteiger partial charge on any atom is 0.337 e. The largest absolute Gasteiger partial charge is 0.465 e. The molecule has 0 heterocycles. The van der Waals surface area contributed by atoms with Crippen LogP contribution in [0.2, 0.25) is 0 Å². The van der Waals surface area contributed by atoms with E-state index >= 15 is 0 Å². The van der Waals surface area contributed by atoms with Gasteiger partial charge in [-0.05, 0) is 42.5 Å². The van der Waals surface area contributed by atoms with Gasteiger partial charge in [0.1, 0.15) is 17.6 Å². The van der Waals surface area contributed by atoms with Gasteiger partial charge >= 0.3 is 5.97 Å². The Hall–Kier alpha value is -2.32. The molecule has 0 atom stereocenters. The lowest BCUT2D eigenvalue weighted by atomic mass is 10.2. The first-order valence-electron chi connectivity index (χ1n) is 5.70. The number of nitrogens with zero attached hydrogens (tertiary/aromatic N) is 1. The third-order valence-electron chi connectivity index (χ3n) is 2.57. The first-order chi connectivity index (χ1) is 9.63. The van der Waals surface area contributed by atoms with E-state index in [0.717, 1.165) is 4.47 Å². The lowest BCUT2D eigenvalue weighted by molar-refractivity contribution is 0.0600. The quantitative estimate of drug-likeness (QED) is 0.800. The molecule has 0 N–H and O–H groups in total. The van der Waals surface area contributed by atoms with Crippen LogP contribution in [-0.2, 0) is 4.74 Å². The molecule has 2 aromatic carbocycles. The number of rotatable bonds is 3. The molecule has 0 fully saturated rings. The Labute approximate surface area is 124 Å². The molecule has 2 aromatic rings. The van der Waals surface area contributed by atoms with Gasteiger partial charge in [-0.25, -0.2) is 4.79 Å². The number of esters is 1.